The maximum atomic E-state index is 12.0. The van der Waals surface area contributed by atoms with E-state index in [9.17, 15) is 4.79 Å². The van der Waals surface area contributed by atoms with E-state index in [2.05, 4.69) is 15.5 Å². The number of amides is 1. The number of hydrogen-bond donors (Lipinski definition) is 1. The van der Waals surface area contributed by atoms with Crippen molar-refractivity contribution in [2.75, 3.05) is 0 Å². The van der Waals surface area contributed by atoms with Gasteiger partial charge in [-0.05, 0) is 11.5 Å². The van der Waals surface area contributed by atoms with Crippen molar-refractivity contribution in [3.8, 4) is 0 Å². The Kier molecular flexibility index (Phi) is 4.87. The summed E-state index contributed by atoms with van der Waals surface area (Å²) in [6.45, 7) is 4.60. The molecule has 2 rings (SSSR count). The molecule has 0 spiro atoms. The SMILES string of the molecule is CC(C)CC(=O)NC(Cn1nccn1)c1ccccc1. The minimum Gasteiger partial charge on any atom is -0.347 e. The van der Waals surface area contributed by atoms with Crippen molar-refractivity contribution in [1.82, 2.24) is 20.3 Å². The van der Waals surface area contributed by atoms with E-state index in [1.165, 1.54) is 0 Å². The van der Waals surface area contributed by atoms with Crippen LogP contribution in [-0.2, 0) is 11.3 Å². The molecule has 1 heterocycles. The van der Waals surface area contributed by atoms with Gasteiger partial charge in [-0.3, -0.25) is 4.79 Å². The van der Waals surface area contributed by atoms with Crippen LogP contribution in [0.15, 0.2) is 42.7 Å². The van der Waals surface area contributed by atoms with Crippen LogP contribution in [0.2, 0.25) is 0 Å². The molecule has 0 bridgehead atoms. The van der Waals surface area contributed by atoms with Crippen molar-refractivity contribution in [2.24, 2.45) is 5.92 Å². The highest BCUT2D eigenvalue weighted by molar-refractivity contribution is 5.76. The van der Waals surface area contributed by atoms with Crippen molar-refractivity contribution in [3.05, 3.63) is 48.3 Å². The molecule has 20 heavy (non-hydrogen) atoms. The van der Waals surface area contributed by atoms with Crippen molar-refractivity contribution >= 4 is 5.91 Å². The highest BCUT2D eigenvalue weighted by atomic mass is 16.1. The highest BCUT2D eigenvalue weighted by Gasteiger charge is 2.16. The van der Waals surface area contributed by atoms with Gasteiger partial charge in [-0.25, -0.2) is 0 Å². The number of rotatable bonds is 6. The average molecular weight is 272 g/mol. The first-order valence-electron chi connectivity index (χ1n) is 6.83. The standard InChI is InChI=1S/C15H20N4O/c1-12(2)10-15(20)18-14(11-19-16-8-9-17-19)13-6-4-3-5-7-13/h3-9,12,14H,10-11H2,1-2H3,(H,18,20). The maximum Gasteiger partial charge on any atom is 0.220 e. The first kappa shape index (κ1) is 14.2. The summed E-state index contributed by atoms with van der Waals surface area (Å²) < 4.78 is 0. The summed E-state index contributed by atoms with van der Waals surface area (Å²) in [5.74, 6) is 0.398. The molecule has 2 aromatic rings. The second-order valence-electron chi connectivity index (χ2n) is 5.21. The third kappa shape index (κ3) is 4.19. The van der Waals surface area contributed by atoms with Gasteiger partial charge >= 0.3 is 0 Å². The summed E-state index contributed by atoms with van der Waals surface area (Å²) in [6, 6.07) is 9.78. The zero-order chi connectivity index (χ0) is 14.4. The molecule has 1 atom stereocenters. The number of nitrogens with zero attached hydrogens (tertiary/aromatic N) is 3. The van der Waals surface area contributed by atoms with Crippen molar-refractivity contribution < 1.29 is 4.79 Å². The van der Waals surface area contributed by atoms with Crippen LogP contribution in [-0.4, -0.2) is 20.9 Å². The van der Waals surface area contributed by atoms with E-state index in [-0.39, 0.29) is 11.9 Å². The molecule has 1 unspecified atom stereocenters. The molecular formula is C15H20N4O. The molecule has 0 aliphatic carbocycles. The lowest BCUT2D eigenvalue weighted by Gasteiger charge is -2.19. The number of nitrogens with one attached hydrogen (secondary N) is 1. The van der Waals surface area contributed by atoms with Gasteiger partial charge in [0.2, 0.25) is 5.91 Å². The predicted molar refractivity (Wildman–Crippen MR) is 76.8 cm³/mol. The molecule has 0 saturated carbocycles. The molecule has 0 aliphatic heterocycles. The van der Waals surface area contributed by atoms with Gasteiger partial charge in [-0.15, -0.1) is 0 Å². The normalized spacial score (nSPS) is 12.3. The molecule has 106 valence electrons. The number of aromatic nitrogens is 3. The summed E-state index contributed by atoms with van der Waals surface area (Å²) in [5, 5.41) is 11.3. The molecule has 5 heteroatoms. The Morgan fingerprint density at radius 1 is 1.20 bits per heavy atom. The van der Waals surface area contributed by atoms with Crippen LogP contribution in [0.3, 0.4) is 0 Å². The van der Waals surface area contributed by atoms with Crippen LogP contribution < -0.4 is 5.32 Å². The molecule has 1 N–H and O–H groups in total. The van der Waals surface area contributed by atoms with Gasteiger partial charge in [0.1, 0.15) is 0 Å². The Bertz CT molecular complexity index is 522. The van der Waals surface area contributed by atoms with Crippen molar-refractivity contribution in [2.45, 2.75) is 32.9 Å². The molecule has 0 radical (unpaired) electrons. The van der Waals surface area contributed by atoms with E-state index in [1.807, 2.05) is 44.2 Å². The van der Waals surface area contributed by atoms with E-state index in [0.29, 0.717) is 18.9 Å². The van der Waals surface area contributed by atoms with Crippen LogP contribution in [0.4, 0.5) is 0 Å². The topological polar surface area (TPSA) is 59.8 Å². The number of hydrogen-bond acceptors (Lipinski definition) is 3. The molecule has 0 aliphatic rings. The third-order valence-electron chi connectivity index (χ3n) is 2.94. The first-order valence-corrected chi connectivity index (χ1v) is 6.83. The smallest absolute Gasteiger partial charge is 0.220 e. The van der Waals surface area contributed by atoms with E-state index >= 15 is 0 Å². The average Bonchev–Trinajstić information content (AvgIpc) is 2.91. The monoisotopic (exact) mass is 272 g/mol. The summed E-state index contributed by atoms with van der Waals surface area (Å²) in [4.78, 5) is 13.6. The fourth-order valence-electron chi connectivity index (χ4n) is 2.04. The van der Waals surface area contributed by atoms with Crippen LogP contribution >= 0.6 is 0 Å². The van der Waals surface area contributed by atoms with E-state index < -0.39 is 0 Å². The molecular weight excluding hydrogens is 252 g/mol. The van der Waals surface area contributed by atoms with Crippen LogP contribution in [0, 0.1) is 5.92 Å². The predicted octanol–water partition coefficient (Wildman–Crippen LogP) is 2.18. The van der Waals surface area contributed by atoms with Gasteiger partial charge in [-0.2, -0.15) is 15.0 Å². The molecule has 0 saturated heterocycles. The van der Waals surface area contributed by atoms with Gasteiger partial charge in [-0.1, -0.05) is 44.2 Å². The lowest BCUT2D eigenvalue weighted by atomic mass is 10.1. The van der Waals surface area contributed by atoms with Crippen LogP contribution in [0.1, 0.15) is 31.9 Å². The molecule has 1 amide bonds. The number of benzene rings is 1. The molecule has 1 aromatic carbocycles. The zero-order valence-corrected chi connectivity index (χ0v) is 11.9. The summed E-state index contributed by atoms with van der Waals surface area (Å²) in [5.41, 5.74) is 1.06. The second kappa shape index (κ2) is 6.84. The van der Waals surface area contributed by atoms with Gasteiger partial charge in [0.05, 0.1) is 25.0 Å². The second-order valence-corrected chi connectivity index (χ2v) is 5.21. The zero-order valence-electron chi connectivity index (χ0n) is 11.9. The van der Waals surface area contributed by atoms with Crippen LogP contribution in [0.5, 0.6) is 0 Å². The molecule has 0 fully saturated rings. The number of carbonyl (C=O) groups excluding carboxylic acids is 1. The summed E-state index contributed by atoms with van der Waals surface area (Å²) in [6.07, 6.45) is 3.80. The molecule has 5 nitrogen and oxygen atoms in total. The first-order chi connectivity index (χ1) is 9.65. The van der Waals surface area contributed by atoms with Crippen LogP contribution in [0.25, 0.3) is 0 Å². The van der Waals surface area contributed by atoms with Gasteiger partial charge in [0.25, 0.3) is 0 Å². The van der Waals surface area contributed by atoms with E-state index in [4.69, 9.17) is 0 Å². The minimum absolute atomic E-state index is 0.0565. The number of carbonyl (C=O) groups is 1. The minimum atomic E-state index is -0.116. The summed E-state index contributed by atoms with van der Waals surface area (Å²) >= 11 is 0. The Labute approximate surface area is 119 Å². The lowest BCUT2D eigenvalue weighted by Crippen LogP contribution is -2.32. The Balaban J connectivity index is 2.10. The Morgan fingerprint density at radius 3 is 2.45 bits per heavy atom. The third-order valence-corrected chi connectivity index (χ3v) is 2.94. The lowest BCUT2D eigenvalue weighted by molar-refractivity contribution is -0.122. The van der Waals surface area contributed by atoms with Gasteiger partial charge < -0.3 is 5.32 Å². The van der Waals surface area contributed by atoms with E-state index in [1.54, 1.807) is 17.2 Å². The highest BCUT2D eigenvalue weighted by Crippen LogP contribution is 2.15. The van der Waals surface area contributed by atoms with Gasteiger partial charge in [0, 0.05) is 6.42 Å². The largest absolute Gasteiger partial charge is 0.347 e. The van der Waals surface area contributed by atoms with Crippen molar-refractivity contribution in [3.63, 3.8) is 0 Å². The van der Waals surface area contributed by atoms with Crippen molar-refractivity contribution in [1.29, 1.82) is 0 Å². The Hall–Kier alpha value is -2.17. The van der Waals surface area contributed by atoms with Gasteiger partial charge in [0.15, 0.2) is 0 Å². The fourth-order valence-corrected chi connectivity index (χ4v) is 2.04. The molecule has 1 aromatic heterocycles. The Morgan fingerprint density at radius 2 is 1.85 bits per heavy atom. The maximum absolute atomic E-state index is 12.0. The fraction of sp³-hybridized carbons (Fsp3) is 0.400. The quantitative estimate of drug-likeness (QED) is 0.876. The summed E-state index contributed by atoms with van der Waals surface area (Å²) in [7, 11) is 0. The van der Waals surface area contributed by atoms with E-state index in [0.717, 1.165) is 5.56 Å².